The first-order chi connectivity index (χ1) is 12.0. The first kappa shape index (κ1) is 15.3. The lowest BCUT2D eigenvalue weighted by Crippen LogP contribution is -1.89. The molecule has 0 aromatic heterocycles. The van der Waals surface area contributed by atoms with Crippen LogP contribution in [-0.2, 0) is 0 Å². The lowest BCUT2D eigenvalue weighted by atomic mass is 10.1. The van der Waals surface area contributed by atoms with Crippen molar-refractivity contribution in [3.8, 4) is 22.8 Å². The van der Waals surface area contributed by atoms with E-state index < -0.39 is 4.92 Å². The Bertz CT molecular complexity index is 1120. The summed E-state index contributed by atoms with van der Waals surface area (Å²) in [7, 11) is 0. The Kier molecular flexibility index (Phi) is 3.51. The largest absolute Gasteiger partial charge is 0.270 e. The minimum Gasteiger partial charge on any atom is -0.258 e. The Balaban J connectivity index is 2.19. The van der Waals surface area contributed by atoms with Crippen molar-refractivity contribution in [3.05, 3.63) is 63.3 Å². The van der Waals surface area contributed by atoms with E-state index in [0.29, 0.717) is 44.4 Å². The van der Waals surface area contributed by atoms with Crippen molar-refractivity contribution in [2.75, 3.05) is 0 Å². The van der Waals surface area contributed by atoms with Crippen LogP contribution in [0, 0.1) is 17.0 Å². The second kappa shape index (κ2) is 5.71. The molecule has 2 aliphatic heterocycles. The van der Waals surface area contributed by atoms with Crippen LogP contribution in [0.1, 0.15) is 5.69 Å². The molecule has 0 saturated heterocycles. The maximum atomic E-state index is 11.2. The molecule has 0 saturated carbocycles. The van der Waals surface area contributed by atoms with Gasteiger partial charge in [0.2, 0.25) is 5.82 Å². The number of nitro benzene ring substituents is 1. The molecule has 2 heterocycles. The molecule has 0 spiro atoms. The van der Waals surface area contributed by atoms with Gasteiger partial charge < -0.3 is 0 Å². The van der Waals surface area contributed by atoms with E-state index in [2.05, 4.69) is 20.2 Å². The highest BCUT2D eigenvalue weighted by molar-refractivity contribution is 6.33. The first-order valence-electron chi connectivity index (χ1n) is 7.38. The molecule has 0 atom stereocenters. The number of benzene rings is 2. The van der Waals surface area contributed by atoms with Gasteiger partial charge in [0.05, 0.1) is 21.8 Å². The molecule has 0 aliphatic carbocycles. The number of non-ortho nitro benzene ring substituents is 1. The lowest BCUT2D eigenvalue weighted by Gasteiger charge is -2.04. The number of nitrogens with zero attached hydrogens (tertiary/aromatic N) is 5. The Morgan fingerprint density at radius 3 is 2.60 bits per heavy atom. The summed E-state index contributed by atoms with van der Waals surface area (Å²) in [6.45, 7) is 1.79. The number of aromatic nitrogens is 4. The van der Waals surface area contributed by atoms with Crippen molar-refractivity contribution in [1.82, 2.24) is 20.2 Å². The van der Waals surface area contributed by atoms with Crippen molar-refractivity contribution >= 4 is 28.2 Å². The van der Waals surface area contributed by atoms with Crippen molar-refractivity contribution in [2.24, 2.45) is 0 Å². The van der Waals surface area contributed by atoms with Gasteiger partial charge >= 0.3 is 0 Å². The topological polar surface area (TPSA) is 94.7 Å². The van der Waals surface area contributed by atoms with E-state index in [9.17, 15) is 10.1 Å². The van der Waals surface area contributed by atoms with Gasteiger partial charge in [0.1, 0.15) is 5.69 Å². The molecule has 2 aliphatic rings. The summed E-state index contributed by atoms with van der Waals surface area (Å²) in [5.41, 5.74) is 2.82. The van der Waals surface area contributed by atoms with Gasteiger partial charge in [0, 0.05) is 28.1 Å². The standard InChI is InChI=1S/C17H10ClN5O2/c1-9-15-17(22-21-9)19-14-7-6-10(23(24)25)8-12(14)16(20-15)11-4-2-3-5-13(11)18/h2-8H,1H3. The van der Waals surface area contributed by atoms with Crippen LogP contribution in [0.15, 0.2) is 42.5 Å². The smallest absolute Gasteiger partial charge is 0.258 e. The normalized spacial score (nSPS) is 11.1. The van der Waals surface area contributed by atoms with E-state index in [1.54, 1.807) is 19.1 Å². The van der Waals surface area contributed by atoms with E-state index in [4.69, 9.17) is 11.6 Å². The van der Waals surface area contributed by atoms with Crippen molar-refractivity contribution in [1.29, 1.82) is 0 Å². The lowest BCUT2D eigenvalue weighted by molar-refractivity contribution is -0.384. The zero-order valence-electron chi connectivity index (χ0n) is 13.0. The fraction of sp³-hybridized carbons (Fsp3) is 0.0588. The molecule has 0 bridgehead atoms. The number of rotatable bonds is 2. The number of halogens is 1. The number of fused-ring (bicyclic) bond motifs is 2. The van der Waals surface area contributed by atoms with Crippen LogP contribution in [0.4, 0.5) is 5.69 Å². The van der Waals surface area contributed by atoms with Crippen LogP contribution in [0.2, 0.25) is 5.02 Å². The number of hydrogen-bond acceptors (Lipinski definition) is 6. The van der Waals surface area contributed by atoms with Crippen LogP contribution in [0.25, 0.3) is 33.7 Å². The molecule has 0 radical (unpaired) electrons. The maximum Gasteiger partial charge on any atom is 0.270 e. The first-order valence-corrected chi connectivity index (χ1v) is 7.76. The van der Waals surface area contributed by atoms with Gasteiger partial charge in [-0.25, -0.2) is 9.97 Å². The van der Waals surface area contributed by atoms with E-state index in [1.807, 2.05) is 18.2 Å². The van der Waals surface area contributed by atoms with Gasteiger partial charge in [-0.15, -0.1) is 5.10 Å². The van der Waals surface area contributed by atoms with Crippen LogP contribution in [-0.4, -0.2) is 25.1 Å². The molecular formula is C17H10ClN5O2. The molecule has 0 N–H and O–H groups in total. The summed E-state index contributed by atoms with van der Waals surface area (Å²) < 4.78 is 0. The van der Waals surface area contributed by atoms with E-state index in [-0.39, 0.29) is 5.69 Å². The Morgan fingerprint density at radius 2 is 1.84 bits per heavy atom. The molecule has 4 rings (SSSR count). The van der Waals surface area contributed by atoms with Gasteiger partial charge in [0.15, 0.2) is 0 Å². The molecule has 0 amide bonds. The average Bonchev–Trinajstić information content (AvgIpc) is 2.85. The third-order valence-corrected chi connectivity index (χ3v) is 4.20. The van der Waals surface area contributed by atoms with Crippen LogP contribution in [0.5, 0.6) is 0 Å². The van der Waals surface area contributed by atoms with Gasteiger partial charge in [-0.2, -0.15) is 5.10 Å². The molecule has 0 fully saturated rings. The third-order valence-electron chi connectivity index (χ3n) is 3.87. The van der Waals surface area contributed by atoms with E-state index >= 15 is 0 Å². The van der Waals surface area contributed by atoms with Gasteiger partial charge in [-0.3, -0.25) is 10.1 Å². The van der Waals surface area contributed by atoms with Crippen molar-refractivity contribution in [2.45, 2.75) is 6.92 Å². The molecular weight excluding hydrogens is 342 g/mol. The fourth-order valence-corrected chi connectivity index (χ4v) is 2.88. The van der Waals surface area contributed by atoms with Gasteiger partial charge in [-0.1, -0.05) is 29.8 Å². The number of nitro groups is 1. The zero-order chi connectivity index (χ0) is 17.6. The molecule has 7 nitrogen and oxygen atoms in total. The molecule has 122 valence electrons. The molecule has 0 unspecified atom stereocenters. The summed E-state index contributed by atoms with van der Waals surface area (Å²) in [6.07, 6.45) is 0. The van der Waals surface area contributed by atoms with Gasteiger partial charge in [-0.05, 0) is 19.1 Å². The minimum atomic E-state index is -0.451. The fourth-order valence-electron chi connectivity index (χ4n) is 2.65. The average molecular weight is 352 g/mol. The summed E-state index contributed by atoms with van der Waals surface area (Å²) in [6, 6.07) is 11.6. The van der Waals surface area contributed by atoms with Crippen molar-refractivity contribution < 1.29 is 4.92 Å². The van der Waals surface area contributed by atoms with Crippen LogP contribution in [0.3, 0.4) is 0 Å². The summed E-state index contributed by atoms with van der Waals surface area (Å²) in [5.74, 6) is 0.384. The predicted octanol–water partition coefficient (Wildman–Crippen LogP) is 4.06. The summed E-state index contributed by atoms with van der Waals surface area (Å²) >= 11 is 6.34. The second-order valence-corrected chi connectivity index (χ2v) is 5.88. The maximum absolute atomic E-state index is 11.2. The highest BCUT2D eigenvalue weighted by Gasteiger charge is 2.19. The third kappa shape index (κ3) is 2.54. The molecule has 25 heavy (non-hydrogen) atoms. The van der Waals surface area contributed by atoms with Gasteiger partial charge in [0.25, 0.3) is 5.69 Å². The van der Waals surface area contributed by atoms with Crippen LogP contribution < -0.4 is 0 Å². The summed E-state index contributed by atoms with van der Waals surface area (Å²) in [4.78, 5) is 19.9. The predicted molar refractivity (Wildman–Crippen MR) is 93.6 cm³/mol. The Morgan fingerprint density at radius 1 is 1.04 bits per heavy atom. The zero-order valence-corrected chi connectivity index (χ0v) is 13.7. The molecule has 2 aromatic rings. The molecule has 8 heteroatoms. The highest BCUT2D eigenvalue weighted by Crippen LogP contribution is 2.34. The SMILES string of the molecule is Cc1nnc2nc3ccc([N+](=O)[O-])cc3c(-c3ccccc3Cl)nc1-2. The minimum absolute atomic E-state index is 0.0434. The second-order valence-electron chi connectivity index (χ2n) is 5.47. The quantitative estimate of drug-likeness (QED) is 0.399. The summed E-state index contributed by atoms with van der Waals surface area (Å²) in [5, 5.41) is 20.3. The molecule has 2 aromatic carbocycles. The van der Waals surface area contributed by atoms with E-state index in [1.165, 1.54) is 12.1 Å². The van der Waals surface area contributed by atoms with Crippen molar-refractivity contribution in [3.63, 3.8) is 0 Å². The number of aryl methyl sites for hydroxylation is 1. The number of hydrogen-bond donors (Lipinski definition) is 0. The van der Waals surface area contributed by atoms with E-state index in [0.717, 1.165) is 0 Å². The van der Waals surface area contributed by atoms with Crippen LogP contribution >= 0.6 is 11.6 Å². The Hall–Kier alpha value is -3.19. The Labute approximate surface area is 146 Å². The highest BCUT2D eigenvalue weighted by atomic mass is 35.5. The monoisotopic (exact) mass is 351 g/mol.